The highest BCUT2D eigenvalue weighted by Gasteiger charge is 2.45. The minimum atomic E-state index is -0.244. The molecule has 29 heavy (non-hydrogen) atoms. The maximum atomic E-state index is 10.8. The van der Waals surface area contributed by atoms with Crippen LogP contribution in [0, 0.1) is 5.92 Å². The van der Waals surface area contributed by atoms with Crippen molar-refractivity contribution in [1.82, 2.24) is 0 Å². The Morgan fingerprint density at radius 1 is 1.38 bits per heavy atom. The molecule has 0 aromatic heterocycles. The number of allylic oxidation sites excluding steroid dienone is 4. The summed E-state index contributed by atoms with van der Waals surface area (Å²) in [6.45, 7) is 8.55. The Balaban J connectivity index is 1.73. The lowest BCUT2D eigenvalue weighted by Crippen LogP contribution is -2.45. The molecule has 2 aliphatic rings. The van der Waals surface area contributed by atoms with Crippen molar-refractivity contribution >= 4 is 0 Å². The van der Waals surface area contributed by atoms with Crippen LogP contribution in [0.5, 0.6) is 11.5 Å². The van der Waals surface area contributed by atoms with Crippen molar-refractivity contribution in [2.24, 2.45) is 11.0 Å². The van der Waals surface area contributed by atoms with Gasteiger partial charge in [-0.3, -0.25) is 0 Å². The highest BCUT2D eigenvalue weighted by atomic mass is 16.5. The number of phenolic OH excluding ortho intramolecular Hbond substituents is 1. The van der Waals surface area contributed by atoms with Crippen LogP contribution in [-0.4, -0.2) is 16.7 Å². The van der Waals surface area contributed by atoms with Gasteiger partial charge in [-0.05, 0) is 82.5 Å². The molecule has 1 aromatic carbocycles. The number of nitrogens with zero attached hydrogens (tertiary/aromatic N) is 3. The van der Waals surface area contributed by atoms with E-state index in [1.165, 1.54) is 5.57 Å². The van der Waals surface area contributed by atoms with E-state index in [-0.39, 0.29) is 11.6 Å². The van der Waals surface area contributed by atoms with Crippen LogP contribution in [0.3, 0.4) is 0 Å². The third kappa shape index (κ3) is 4.79. The van der Waals surface area contributed by atoms with Crippen molar-refractivity contribution in [2.75, 3.05) is 0 Å². The number of azide groups is 1. The number of hydrogen-bond acceptors (Lipinski definition) is 3. The molecule has 1 heterocycles. The Morgan fingerprint density at radius 3 is 2.90 bits per heavy atom. The van der Waals surface area contributed by atoms with Crippen molar-refractivity contribution in [3.8, 4) is 11.5 Å². The molecule has 0 bridgehead atoms. The molecule has 3 atom stereocenters. The van der Waals surface area contributed by atoms with Crippen molar-refractivity contribution in [3.63, 3.8) is 0 Å². The second kappa shape index (κ2) is 8.96. The number of benzene rings is 1. The maximum Gasteiger partial charge on any atom is 0.127 e. The summed E-state index contributed by atoms with van der Waals surface area (Å²) in [4.78, 5) is 2.90. The summed E-state index contributed by atoms with van der Waals surface area (Å²) in [7, 11) is 0. The van der Waals surface area contributed by atoms with Crippen molar-refractivity contribution in [1.29, 1.82) is 0 Å². The van der Waals surface area contributed by atoms with Gasteiger partial charge in [0.05, 0.1) is 0 Å². The van der Waals surface area contributed by atoms with Crippen LogP contribution >= 0.6 is 0 Å². The summed E-state index contributed by atoms with van der Waals surface area (Å²) in [6.07, 6.45) is 11.9. The standard InChI is InChI=1S/C24H33N3O2/c1-5-18(26-27-25)10-8-6-7-9-17-14-21(28)23-19-13-16(2)11-12-20(19)24(3,4)29-22(23)15-17/h6-7,11,14-15,18-20,28H,5,8-10,12-13H2,1-4H3/b7-6-/t18?,19-,20-/m1/s1. The van der Waals surface area contributed by atoms with E-state index < -0.39 is 0 Å². The largest absolute Gasteiger partial charge is 0.508 e. The molecular formula is C24H33N3O2. The summed E-state index contributed by atoms with van der Waals surface area (Å²) in [5, 5.41) is 14.6. The fraction of sp³-hybridized carbons (Fsp3) is 0.583. The van der Waals surface area contributed by atoms with Gasteiger partial charge in [-0.15, -0.1) is 0 Å². The lowest BCUT2D eigenvalue weighted by Gasteiger charge is -2.47. The van der Waals surface area contributed by atoms with Crippen molar-refractivity contribution in [3.05, 3.63) is 57.5 Å². The maximum absolute atomic E-state index is 10.8. The third-order valence-electron chi connectivity index (χ3n) is 6.44. The van der Waals surface area contributed by atoms with E-state index in [4.69, 9.17) is 10.3 Å². The van der Waals surface area contributed by atoms with Gasteiger partial charge >= 0.3 is 0 Å². The molecule has 5 heteroatoms. The minimum absolute atomic E-state index is 0.0639. The quantitative estimate of drug-likeness (QED) is 0.234. The van der Waals surface area contributed by atoms with E-state index in [1.54, 1.807) is 0 Å². The molecule has 0 radical (unpaired) electrons. The van der Waals surface area contributed by atoms with Crippen molar-refractivity contribution in [2.45, 2.75) is 83.8 Å². The van der Waals surface area contributed by atoms with Crippen LogP contribution in [0.15, 0.2) is 41.0 Å². The van der Waals surface area contributed by atoms with Gasteiger partial charge < -0.3 is 9.84 Å². The molecule has 0 fully saturated rings. The Kier molecular flexibility index (Phi) is 6.59. The molecule has 1 aromatic rings. The van der Waals surface area contributed by atoms with Crippen LogP contribution in [-0.2, 0) is 6.42 Å². The minimum Gasteiger partial charge on any atom is -0.508 e. The van der Waals surface area contributed by atoms with E-state index in [2.05, 4.69) is 55.1 Å². The molecule has 0 amide bonds. The van der Waals surface area contributed by atoms with Crippen molar-refractivity contribution < 1.29 is 9.84 Å². The molecule has 1 aliphatic carbocycles. The SMILES string of the molecule is CCC(CC/C=C\Cc1cc(O)c2c(c1)OC(C)(C)[C@@H]1CC=C(C)C[C@@H]21)N=[N+]=[N-]. The zero-order valence-electron chi connectivity index (χ0n) is 18.1. The Morgan fingerprint density at radius 2 is 2.17 bits per heavy atom. The molecule has 1 aliphatic heterocycles. The van der Waals surface area contributed by atoms with E-state index in [0.29, 0.717) is 17.6 Å². The average molecular weight is 396 g/mol. The van der Waals surface area contributed by atoms with Crippen LogP contribution in [0.4, 0.5) is 0 Å². The lowest BCUT2D eigenvalue weighted by molar-refractivity contribution is 0.00754. The van der Waals surface area contributed by atoms with Gasteiger partial charge in [-0.25, -0.2) is 0 Å². The molecule has 5 nitrogen and oxygen atoms in total. The number of hydrogen-bond donors (Lipinski definition) is 1. The Labute approximate surface area is 174 Å². The molecule has 0 saturated heterocycles. The molecule has 3 rings (SSSR count). The molecule has 0 spiro atoms. The topological polar surface area (TPSA) is 78.2 Å². The second-order valence-corrected chi connectivity index (χ2v) is 8.96. The summed E-state index contributed by atoms with van der Waals surface area (Å²) >= 11 is 0. The van der Waals surface area contributed by atoms with E-state index in [1.807, 2.05) is 13.0 Å². The first-order valence-corrected chi connectivity index (χ1v) is 10.7. The highest BCUT2D eigenvalue weighted by molar-refractivity contribution is 5.53. The predicted molar refractivity (Wildman–Crippen MR) is 117 cm³/mol. The van der Waals surface area contributed by atoms with Gasteiger partial charge in [0.15, 0.2) is 0 Å². The lowest BCUT2D eigenvalue weighted by atomic mass is 9.67. The molecule has 0 saturated carbocycles. The first-order valence-electron chi connectivity index (χ1n) is 10.7. The predicted octanol–water partition coefficient (Wildman–Crippen LogP) is 6.97. The van der Waals surface area contributed by atoms with Gasteiger partial charge in [-0.1, -0.05) is 35.8 Å². The summed E-state index contributed by atoms with van der Waals surface area (Å²) in [5.41, 5.74) is 11.8. The molecule has 156 valence electrons. The summed E-state index contributed by atoms with van der Waals surface area (Å²) in [5.74, 6) is 1.90. The van der Waals surface area contributed by atoms with Crippen LogP contribution in [0.25, 0.3) is 10.4 Å². The third-order valence-corrected chi connectivity index (χ3v) is 6.44. The Bertz CT molecular complexity index is 850. The number of aromatic hydroxyl groups is 1. The summed E-state index contributed by atoms with van der Waals surface area (Å²) < 4.78 is 6.39. The average Bonchev–Trinajstić information content (AvgIpc) is 2.65. The van der Waals surface area contributed by atoms with Gasteiger partial charge in [-0.2, -0.15) is 0 Å². The van der Waals surface area contributed by atoms with E-state index in [9.17, 15) is 5.11 Å². The second-order valence-electron chi connectivity index (χ2n) is 8.96. The van der Waals surface area contributed by atoms with Crippen LogP contribution in [0.2, 0.25) is 0 Å². The fourth-order valence-electron chi connectivity index (χ4n) is 4.78. The van der Waals surface area contributed by atoms with Gasteiger partial charge in [0, 0.05) is 28.4 Å². The zero-order valence-corrected chi connectivity index (χ0v) is 18.1. The Hall–Kier alpha value is -2.39. The van der Waals surface area contributed by atoms with Gasteiger partial charge in [0.25, 0.3) is 0 Å². The monoisotopic (exact) mass is 395 g/mol. The van der Waals surface area contributed by atoms with E-state index in [0.717, 1.165) is 55.4 Å². The first-order chi connectivity index (χ1) is 13.9. The van der Waals surface area contributed by atoms with Gasteiger partial charge in [0.2, 0.25) is 0 Å². The van der Waals surface area contributed by atoms with Crippen LogP contribution < -0.4 is 4.74 Å². The number of phenols is 1. The van der Waals surface area contributed by atoms with Gasteiger partial charge in [0.1, 0.15) is 17.1 Å². The van der Waals surface area contributed by atoms with Crippen LogP contribution in [0.1, 0.15) is 76.8 Å². The molecule has 1 N–H and O–H groups in total. The highest BCUT2D eigenvalue weighted by Crippen LogP contribution is 2.54. The number of fused-ring (bicyclic) bond motifs is 3. The zero-order chi connectivity index (χ0) is 21.0. The fourth-order valence-corrected chi connectivity index (χ4v) is 4.78. The molecular weight excluding hydrogens is 362 g/mol. The number of rotatable bonds is 7. The summed E-state index contributed by atoms with van der Waals surface area (Å²) in [6, 6.07) is 4.05. The normalized spacial score (nSPS) is 23.4. The first kappa shape index (κ1) is 21.3. The molecule has 1 unspecified atom stereocenters. The van der Waals surface area contributed by atoms with E-state index >= 15 is 0 Å². The smallest absolute Gasteiger partial charge is 0.127 e. The number of ether oxygens (including phenoxy) is 1.